The fourth-order valence-electron chi connectivity index (χ4n) is 1.02. The van der Waals surface area contributed by atoms with E-state index >= 15 is 0 Å². The van der Waals surface area contributed by atoms with E-state index in [9.17, 15) is 8.42 Å². The Bertz CT molecular complexity index is 244. The minimum atomic E-state index is -3.17. The molecule has 0 aromatic heterocycles. The summed E-state index contributed by atoms with van der Waals surface area (Å²) in [7, 11) is -3.17. The van der Waals surface area contributed by atoms with Crippen molar-refractivity contribution in [3.63, 3.8) is 0 Å². The van der Waals surface area contributed by atoms with Crippen molar-refractivity contribution < 1.29 is 13.2 Å². The first-order valence-corrected chi connectivity index (χ1v) is 7.31. The lowest BCUT2D eigenvalue weighted by Gasteiger charge is -2.09. The van der Waals surface area contributed by atoms with Gasteiger partial charge in [0.25, 0.3) is 0 Å². The number of alkyl halides is 1. The average Bonchev–Trinajstić information content (AvgIpc) is 2.16. The molecule has 0 heterocycles. The molecule has 0 aromatic rings. The maximum Gasteiger partial charge on any atom is 0.211 e. The predicted octanol–water partition coefficient (Wildman–Crippen LogP) is 1.21. The molecule has 0 aliphatic rings. The lowest BCUT2D eigenvalue weighted by molar-refractivity contribution is 0.146. The molecular formula is C9H20ClNO3S. The van der Waals surface area contributed by atoms with Crippen molar-refractivity contribution in [1.29, 1.82) is 0 Å². The van der Waals surface area contributed by atoms with E-state index in [1.54, 1.807) is 0 Å². The summed E-state index contributed by atoms with van der Waals surface area (Å²) in [5.41, 5.74) is 0. The average molecular weight is 258 g/mol. The number of sulfonamides is 1. The largest absolute Gasteiger partial charge is 0.382 e. The highest BCUT2D eigenvalue weighted by Gasteiger charge is 2.13. The van der Waals surface area contributed by atoms with E-state index in [1.807, 2.05) is 13.8 Å². The van der Waals surface area contributed by atoms with Crippen LogP contribution < -0.4 is 4.72 Å². The van der Waals surface area contributed by atoms with Crippen molar-refractivity contribution in [1.82, 2.24) is 4.72 Å². The summed E-state index contributed by atoms with van der Waals surface area (Å²) < 4.78 is 30.5. The maximum atomic E-state index is 11.4. The summed E-state index contributed by atoms with van der Waals surface area (Å²) in [6, 6.07) is 0. The Morgan fingerprint density at radius 3 is 2.67 bits per heavy atom. The van der Waals surface area contributed by atoms with Crippen LogP contribution in [0.3, 0.4) is 0 Å². The zero-order valence-electron chi connectivity index (χ0n) is 9.33. The molecule has 0 saturated carbocycles. The van der Waals surface area contributed by atoms with E-state index in [4.69, 9.17) is 16.3 Å². The Labute approximate surface area is 97.4 Å². The van der Waals surface area contributed by atoms with Crippen molar-refractivity contribution in [3.05, 3.63) is 0 Å². The lowest BCUT2D eigenvalue weighted by Crippen LogP contribution is -2.30. The molecular weight excluding hydrogens is 238 g/mol. The van der Waals surface area contributed by atoms with Crippen molar-refractivity contribution >= 4 is 21.6 Å². The third-order valence-electron chi connectivity index (χ3n) is 1.76. The van der Waals surface area contributed by atoms with Gasteiger partial charge in [-0.15, -0.1) is 11.6 Å². The second-order valence-electron chi connectivity index (χ2n) is 3.49. The summed E-state index contributed by atoms with van der Waals surface area (Å²) in [6.07, 6.45) is 0.697. The molecule has 0 fully saturated rings. The van der Waals surface area contributed by atoms with Gasteiger partial charge in [0, 0.05) is 25.6 Å². The van der Waals surface area contributed by atoms with Crippen LogP contribution >= 0.6 is 11.6 Å². The Morgan fingerprint density at radius 2 is 2.13 bits per heavy atom. The number of hydrogen-bond acceptors (Lipinski definition) is 3. The normalized spacial score (nSPS) is 14.1. The van der Waals surface area contributed by atoms with Crippen LogP contribution in [0.15, 0.2) is 0 Å². The van der Waals surface area contributed by atoms with Gasteiger partial charge in [0.2, 0.25) is 10.0 Å². The van der Waals surface area contributed by atoms with Gasteiger partial charge in [0.1, 0.15) is 0 Å². The Hall–Kier alpha value is 0.160. The maximum absolute atomic E-state index is 11.4. The molecule has 1 unspecified atom stereocenters. The molecule has 92 valence electrons. The van der Waals surface area contributed by atoms with E-state index in [-0.39, 0.29) is 11.7 Å². The fourth-order valence-corrected chi connectivity index (χ4v) is 2.70. The number of halogens is 1. The SMILES string of the molecule is CCOCCCNS(=O)(=O)CC(C)CCl. The third-order valence-corrected chi connectivity index (χ3v) is 3.94. The van der Waals surface area contributed by atoms with Crippen LogP contribution in [0.25, 0.3) is 0 Å². The van der Waals surface area contributed by atoms with Crippen LogP contribution in [0.1, 0.15) is 20.3 Å². The molecule has 1 N–H and O–H groups in total. The Balaban J connectivity index is 3.65. The highest BCUT2D eigenvalue weighted by molar-refractivity contribution is 7.89. The molecule has 0 radical (unpaired) electrons. The molecule has 0 aliphatic carbocycles. The van der Waals surface area contributed by atoms with E-state index < -0.39 is 10.0 Å². The van der Waals surface area contributed by atoms with Crippen molar-refractivity contribution in [2.75, 3.05) is 31.4 Å². The summed E-state index contributed by atoms with van der Waals surface area (Å²) in [5.74, 6) is 0.432. The second kappa shape index (κ2) is 8.33. The van der Waals surface area contributed by atoms with E-state index in [0.717, 1.165) is 0 Å². The van der Waals surface area contributed by atoms with Crippen LogP contribution in [0.5, 0.6) is 0 Å². The first-order chi connectivity index (χ1) is 7.02. The van der Waals surface area contributed by atoms with Gasteiger partial charge in [-0.05, 0) is 19.3 Å². The van der Waals surface area contributed by atoms with Crippen LogP contribution in [0.4, 0.5) is 0 Å². The molecule has 1 atom stereocenters. The Kier molecular flexibility index (Phi) is 8.42. The zero-order valence-corrected chi connectivity index (χ0v) is 10.9. The van der Waals surface area contributed by atoms with Crippen molar-refractivity contribution in [2.24, 2.45) is 5.92 Å². The minimum absolute atomic E-state index is 0.0175. The van der Waals surface area contributed by atoms with Gasteiger partial charge in [-0.3, -0.25) is 0 Å². The van der Waals surface area contributed by atoms with Gasteiger partial charge < -0.3 is 4.74 Å². The molecule has 0 spiro atoms. The molecule has 4 nitrogen and oxygen atoms in total. The van der Waals surface area contributed by atoms with Crippen LogP contribution in [-0.2, 0) is 14.8 Å². The summed E-state index contributed by atoms with van der Waals surface area (Å²) in [5, 5.41) is 0. The van der Waals surface area contributed by atoms with Gasteiger partial charge in [0.15, 0.2) is 0 Å². The molecule has 0 rings (SSSR count). The number of ether oxygens (including phenoxy) is 1. The van der Waals surface area contributed by atoms with E-state index in [1.165, 1.54) is 0 Å². The topological polar surface area (TPSA) is 55.4 Å². The van der Waals surface area contributed by atoms with Crippen LogP contribution in [0.2, 0.25) is 0 Å². The quantitative estimate of drug-likeness (QED) is 0.499. The van der Waals surface area contributed by atoms with E-state index in [2.05, 4.69) is 4.72 Å². The molecule has 0 aromatic carbocycles. The van der Waals surface area contributed by atoms with Crippen LogP contribution in [0, 0.1) is 5.92 Å². The molecule has 15 heavy (non-hydrogen) atoms. The molecule has 0 saturated heterocycles. The first kappa shape index (κ1) is 15.2. The minimum Gasteiger partial charge on any atom is -0.382 e. The van der Waals surface area contributed by atoms with Gasteiger partial charge in [-0.1, -0.05) is 6.92 Å². The molecule has 0 bridgehead atoms. The van der Waals surface area contributed by atoms with Gasteiger partial charge in [0.05, 0.1) is 5.75 Å². The summed E-state index contributed by atoms with van der Waals surface area (Å²) in [4.78, 5) is 0. The molecule has 6 heteroatoms. The first-order valence-electron chi connectivity index (χ1n) is 5.13. The highest BCUT2D eigenvalue weighted by Crippen LogP contribution is 2.01. The zero-order chi connectivity index (χ0) is 11.7. The summed E-state index contributed by atoms with van der Waals surface area (Å²) in [6.45, 7) is 5.40. The second-order valence-corrected chi connectivity index (χ2v) is 5.65. The van der Waals surface area contributed by atoms with Gasteiger partial charge in [-0.25, -0.2) is 13.1 Å². The van der Waals surface area contributed by atoms with Crippen molar-refractivity contribution in [2.45, 2.75) is 20.3 Å². The molecule has 0 aliphatic heterocycles. The third kappa shape index (κ3) is 9.11. The van der Waals surface area contributed by atoms with Gasteiger partial charge in [-0.2, -0.15) is 0 Å². The smallest absolute Gasteiger partial charge is 0.211 e. The van der Waals surface area contributed by atoms with Crippen molar-refractivity contribution in [3.8, 4) is 0 Å². The summed E-state index contributed by atoms with van der Waals surface area (Å²) >= 11 is 5.55. The highest BCUT2D eigenvalue weighted by atomic mass is 35.5. The monoisotopic (exact) mass is 257 g/mol. The predicted molar refractivity (Wildman–Crippen MR) is 62.8 cm³/mol. The Morgan fingerprint density at radius 1 is 1.47 bits per heavy atom. The van der Waals surface area contributed by atoms with Gasteiger partial charge >= 0.3 is 0 Å². The number of nitrogens with one attached hydrogen (secondary N) is 1. The number of rotatable bonds is 9. The van der Waals surface area contributed by atoms with Crippen LogP contribution in [-0.4, -0.2) is 39.8 Å². The standard InChI is InChI=1S/C9H20ClNO3S/c1-3-14-6-4-5-11-15(12,13)8-9(2)7-10/h9,11H,3-8H2,1-2H3. The van der Waals surface area contributed by atoms with E-state index in [0.29, 0.717) is 32.1 Å². The lowest BCUT2D eigenvalue weighted by atomic mass is 10.3. The number of hydrogen-bond donors (Lipinski definition) is 1. The molecule has 0 amide bonds. The fraction of sp³-hybridized carbons (Fsp3) is 1.00.